The molecule has 0 radical (unpaired) electrons. The van der Waals surface area contributed by atoms with Crippen molar-refractivity contribution in [2.45, 2.75) is 26.2 Å². The van der Waals surface area contributed by atoms with Gasteiger partial charge in [0.25, 0.3) is 0 Å². The quantitative estimate of drug-likeness (QED) is 0.444. The van der Waals surface area contributed by atoms with Gasteiger partial charge in [-0.1, -0.05) is 6.92 Å². The van der Waals surface area contributed by atoms with Gasteiger partial charge in [0.1, 0.15) is 6.33 Å². The molecule has 0 saturated carbocycles. The Balaban J connectivity index is 1.62. The number of morpholine rings is 1. The summed E-state index contributed by atoms with van der Waals surface area (Å²) < 4.78 is 5.34. The minimum absolute atomic E-state index is 0.00651. The molecule has 1 N–H and O–H groups in total. The average Bonchev–Trinajstić information content (AvgIpc) is 2.65. The van der Waals surface area contributed by atoms with Gasteiger partial charge >= 0.3 is 5.69 Å². The van der Waals surface area contributed by atoms with E-state index in [0.717, 1.165) is 65.2 Å². The van der Waals surface area contributed by atoms with Crippen LogP contribution in [0.15, 0.2) is 6.33 Å². The number of anilines is 2. The number of aromatic nitrogens is 2. The second-order valence-corrected chi connectivity index (χ2v) is 7.08. The molecule has 1 atom stereocenters. The first kappa shape index (κ1) is 18.8. The van der Waals surface area contributed by atoms with Crippen LogP contribution >= 0.6 is 0 Å². The van der Waals surface area contributed by atoms with Crippen molar-refractivity contribution in [3.05, 3.63) is 16.4 Å². The average molecular weight is 364 g/mol. The lowest BCUT2D eigenvalue weighted by Gasteiger charge is -2.31. The molecule has 1 aromatic rings. The van der Waals surface area contributed by atoms with E-state index < -0.39 is 0 Å². The highest BCUT2D eigenvalue weighted by molar-refractivity contribution is 5.70. The maximum absolute atomic E-state index is 11.7. The Morgan fingerprint density at radius 2 is 2.15 bits per heavy atom. The molecule has 2 aliphatic heterocycles. The van der Waals surface area contributed by atoms with Gasteiger partial charge in [-0.15, -0.1) is 0 Å². The van der Waals surface area contributed by atoms with Crippen molar-refractivity contribution >= 4 is 17.3 Å². The molecule has 2 saturated heterocycles. The number of ether oxygens (including phenoxy) is 1. The maximum atomic E-state index is 11.7. The molecule has 9 heteroatoms. The summed E-state index contributed by atoms with van der Waals surface area (Å²) in [5.74, 6) is 1.27. The molecule has 144 valence electrons. The first-order valence-corrected chi connectivity index (χ1v) is 9.43. The Morgan fingerprint density at radius 3 is 2.88 bits per heavy atom. The van der Waals surface area contributed by atoms with Crippen molar-refractivity contribution in [3.8, 4) is 0 Å². The molecule has 3 heterocycles. The second-order valence-electron chi connectivity index (χ2n) is 7.08. The number of piperidine rings is 1. The third-order valence-corrected chi connectivity index (χ3v) is 4.99. The van der Waals surface area contributed by atoms with E-state index in [1.807, 2.05) is 4.90 Å². The second kappa shape index (κ2) is 9.09. The van der Waals surface area contributed by atoms with Gasteiger partial charge in [0.15, 0.2) is 0 Å². The predicted octanol–water partition coefficient (Wildman–Crippen LogP) is 1.76. The highest BCUT2D eigenvalue weighted by Crippen LogP contribution is 2.33. The van der Waals surface area contributed by atoms with E-state index in [1.165, 1.54) is 6.33 Å². The van der Waals surface area contributed by atoms with Crippen LogP contribution in [-0.2, 0) is 4.74 Å². The number of nitro groups is 1. The number of nitrogens with zero attached hydrogens (tertiary/aromatic N) is 5. The van der Waals surface area contributed by atoms with Crippen LogP contribution in [0.3, 0.4) is 0 Å². The predicted molar refractivity (Wildman–Crippen MR) is 99.7 cm³/mol. The molecule has 0 amide bonds. The largest absolute Gasteiger partial charge is 0.379 e. The van der Waals surface area contributed by atoms with Crippen LogP contribution in [0.2, 0.25) is 0 Å². The molecule has 1 unspecified atom stereocenters. The molecule has 9 nitrogen and oxygen atoms in total. The van der Waals surface area contributed by atoms with Crippen molar-refractivity contribution in [2.75, 3.05) is 62.7 Å². The van der Waals surface area contributed by atoms with E-state index in [4.69, 9.17) is 4.74 Å². The lowest BCUT2D eigenvalue weighted by atomic mass is 10.0. The molecule has 26 heavy (non-hydrogen) atoms. The zero-order chi connectivity index (χ0) is 18.4. The zero-order valence-electron chi connectivity index (χ0n) is 15.4. The molecule has 0 bridgehead atoms. The molecule has 0 spiro atoms. The summed E-state index contributed by atoms with van der Waals surface area (Å²) in [7, 11) is 0. The molecular formula is C17H28N6O3. The van der Waals surface area contributed by atoms with Crippen LogP contribution < -0.4 is 10.2 Å². The Hall–Kier alpha value is -2.00. The van der Waals surface area contributed by atoms with Gasteiger partial charge in [0.2, 0.25) is 11.6 Å². The van der Waals surface area contributed by atoms with E-state index in [-0.39, 0.29) is 10.6 Å². The number of hydrogen-bond donors (Lipinski definition) is 1. The molecule has 2 aliphatic rings. The minimum Gasteiger partial charge on any atom is -0.379 e. The third kappa shape index (κ3) is 4.79. The normalized spacial score (nSPS) is 21.6. The van der Waals surface area contributed by atoms with E-state index in [0.29, 0.717) is 24.1 Å². The van der Waals surface area contributed by atoms with Gasteiger partial charge in [0.05, 0.1) is 18.1 Å². The zero-order valence-corrected chi connectivity index (χ0v) is 15.4. The summed E-state index contributed by atoms with van der Waals surface area (Å²) in [6, 6.07) is 0. The molecule has 3 rings (SSSR count). The topological polar surface area (TPSA) is 96.7 Å². The fraction of sp³-hybridized carbons (Fsp3) is 0.765. The van der Waals surface area contributed by atoms with Gasteiger partial charge in [-0.2, -0.15) is 0 Å². The summed E-state index contributed by atoms with van der Waals surface area (Å²) >= 11 is 0. The third-order valence-electron chi connectivity index (χ3n) is 4.99. The highest BCUT2D eigenvalue weighted by atomic mass is 16.6. The number of nitrogens with one attached hydrogen (secondary N) is 1. The Labute approximate surface area is 153 Å². The van der Waals surface area contributed by atoms with Crippen LogP contribution in [0.1, 0.15) is 26.2 Å². The summed E-state index contributed by atoms with van der Waals surface area (Å²) in [6.45, 7) is 8.83. The van der Waals surface area contributed by atoms with Crippen molar-refractivity contribution in [2.24, 2.45) is 5.92 Å². The SMILES string of the molecule is CC1CCCN(c2ncnc(NCCCN3CCOCC3)c2[N+](=O)[O-])C1. The van der Waals surface area contributed by atoms with Crippen LogP contribution in [0.25, 0.3) is 0 Å². The van der Waals surface area contributed by atoms with Crippen LogP contribution in [0.4, 0.5) is 17.3 Å². The van der Waals surface area contributed by atoms with Crippen molar-refractivity contribution < 1.29 is 9.66 Å². The van der Waals surface area contributed by atoms with E-state index >= 15 is 0 Å². The summed E-state index contributed by atoms with van der Waals surface area (Å²) in [5.41, 5.74) is -0.00651. The molecule has 0 aromatic carbocycles. The maximum Gasteiger partial charge on any atom is 0.353 e. The van der Waals surface area contributed by atoms with Gasteiger partial charge in [0, 0.05) is 32.7 Å². The summed E-state index contributed by atoms with van der Waals surface area (Å²) in [4.78, 5) is 24.1. The highest BCUT2D eigenvalue weighted by Gasteiger charge is 2.29. The minimum atomic E-state index is -0.362. The molecular weight excluding hydrogens is 336 g/mol. The standard InChI is InChI=1S/C17H28N6O3/c1-14-4-2-7-22(12-14)17-15(23(24)25)16(19-13-20-17)18-5-3-6-21-8-10-26-11-9-21/h13-14H,2-12H2,1H3,(H,18,19,20). The Kier molecular flexibility index (Phi) is 6.56. The molecule has 1 aromatic heterocycles. The smallest absolute Gasteiger partial charge is 0.353 e. The van der Waals surface area contributed by atoms with Crippen molar-refractivity contribution in [1.82, 2.24) is 14.9 Å². The van der Waals surface area contributed by atoms with Crippen LogP contribution in [-0.4, -0.2) is 72.3 Å². The summed E-state index contributed by atoms with van der Waals surface area (Å²) in [6.07, 6.45) is 4.51. The van der Waals surface area contributed by atoms with Gasteiger partial charge in [-0.25, -0.2) is 9.97 Å². The van der Waals surface area contributed by atoms with Gasteiger partial charge in [-0.05, 0) is 31.7 Å². The lowest BCUT2D eigenvalue weighted by molar-refractivity contribution is -0.383. The fourth-order valence-corrected chi connectivity index (χ4v) is 3.61. The summed E-state index contributed by atoms with van der Waals surface area (Å²) in [5, 5.41) is 14.8. The molecule has 0 aliphatic carbocycles. The Morgan fingerprint density at radius 1 is 1.35 bits per heavy atom. The number of rotatable bonds is 7. The fourth-order valence-electron chi connectivity index (χ4n) is 3.61. The number of hydrogen-bond acceptors (Lipinski definition) is 8. The first-order chi connectivity index (χ1) is 12.6. The van der Waals surface area contributed by atoms with Crippen LogP contribution in [0.5, 0.6) is 0 Å². The molecule has 2 fully saturated rings. The lowest BCUT2D eigenvalue weighted by Crippen LogP contribution is -2.37. The van der Waals surface area contributed by atoms with Crippen molar-refractivity contribution in [1.29, 1.82) is 0 Å². The monoisotopic (exact) mass is 364 g/mol. The Bertz CT molecular complexity index is 608. The van der Waals surface area contributed by atoms with Gasteiger partial charge < -0.3 is 15.0 Å². The van der Waals surface area contributed by atoms with E-state index in [2.05, 4.69) is 27.1 Å². The van der Waals surface area contributed by atoms with Crippen molar-refractivity contribution in [3.63, 3.8) is 0 Å². The van der Waals surface area contributed by atoms with Gasteiger partial charge in [-0.3, -0.25) is 15.0 Å². The van der Waals surface area contributed by atoms with E-state index in [9.17, 15) is 10.1 Å². The van der Waals surface area contributed by atoms with Crippen LogP contribution in [0, 0.1) is 16.0 Å². The van der Waals surface area contributed by atoms with E-state index in [1.54, 1.807) is 0 Å². The first-order valence-electron chi connectivity index (χ1n) is 9.43.